The third-order valence-electron chi connectivity index (χ3n) is 2.65. The van der Waals surface area contributed by atoms with Gasteiger partial charge in [-0.1, -0.05) is 6.07 Å². The van der Waals surface area contributed by atoms with Gasteiger partial charge >= 0.3 is 0 Å². The minimum Gasteiger partial charge on any atom is -0.324 e. The number of hydrogen-bond acceptors (Lipinski definition) is 4. The van der Waals surface area contributed by atoms with Crippen LogP contribution < -0.4 is 10.6 Å². The van der Waals surface area contributed by atoms with Gasteiger partial charge in [-0.3, -0.25) is 4.79 Å². The summed E-state index contributed by atoms with van der Waals surface area (Å²) < 4.78 is 0. The number of thioether (sulfide) groups is 1. The Morgan fingerprint density at radius 2 is 2.39 bits per heavy atom. The number of hydrogen-bond donors (Lipinski definition) is 2. The summed E-state index contributed by atoms with van der Waals surface area (Å²) in [4.78, 5) is 12.4. The summed E-state index contributed by atoms with van der Waals surface area (Å²) in [7, 11) is 0. The summed E-state index contributed by atoms with van der Waals surface area (Å²) >= 11 is 1.57. The topological polar surface area (TPSA) is 64.9 Å². The van der Waals surface area contributed by atoms with E-state index in [2.05, 4.69) is 22.8 Å². The number of amides is 1. The lowest BCUT2D eigenvalue weighted by Gasteiger charge is -2.17. The van der Waals surface area contributed by atoms with Gasteiger partial charge in [0.25, 0.3) is 0 Å². The van der Waals surface area contributed by atoms with Gasteiger partial charge in [0.1, 0.15) is 0 Å². The predicted octanol–water partition coefficient (Wildman–Crippen LogP) is 2.12. The second-order valence-electron chi connectivity index (χ2n) is 4.11. The van der Waals surface area contributed by atoms with Crippen LogP contribution in [0.25, 0.3) is 0 Å². The molecule has 1 aliphatic rings. The largest absolute Gasteiger partial charge is 0.324 e. The fraction of sp³-hybridized carbons (Fsp3) is 0.385. The van der Waals surface area contributed by atoms with Crippen molar-refractivity contribution in [2.24, 2.45) is 0 Å². The van der Waals surface area contributed by atoms with Crippen molar-refractivity contribution in [2.75, 3.05) is 17.6 Å². The predicted molar refractivity (Wildman–Crippen MR) is 72.3 cm³/mol. The van der Waals surface area contributed by atoms with E-state index in [1.807, 2.05) is 12.1 Å². The van der Waals surface area contributed by atoms with Crippen LogP contribution in [0.4, 0.5) is 5.69 Å². The minimum absolute atomic E-state index is 0.0617. The second-order valence-corrected chi connectivity index (χ2v) is 5.12. The highest BCUT2D eigenvalue weighted by Gasteiger charge is 2.14. The molecule has 94 valence electrons. The standard InChI is InChI=1S/C13H15N3OS/c14-5-1-2-6-15-8-10-3-4-12-11(7-10)16-13(17)9-18-12/h3-4,7,15H,1-2,6,8-9H2,(H,16,17). The lowest BCUT2D eigenvalue weighted by Crippen LogP contribution is -2.19. The van der Waals surface area contributed by atoms with Crippen molar-refractivity contribution in [3.63, 3.8) is 0 Å². The molecule has 2 N–H and O–H groups in total. The van der Waals surface area contributed by atoms with Crippen LogP contribution in [0.15, 0.2) is 23.1 Å². The molecule has 0 bridgehead atoms. The van der Waals surface area contributed by atoms with E-state index in [4.69, 9.17) is 5.26 Å². The Kier molecular flexibility index (Phi) is 4.62. The summed E-state index contributed by atoms with van der Waals surface area (Å²) in [6.07, 6.45) is 1.46. The van der Waals surface area contributed by atoms with Crippen molar-refractivity contribution in [1.29, 1.82) is 5.26 Å². The lowest BCUT2D eigenvalue weighted by molar-refractivity contribution is -0.113. The molecular weight excluding hydrogens is 246 g/mol. The van der Waals surface area contributed by atoms with Crippen LogP contribution in [0.5, 0.6) is 0 Å². The molecule has 2 rings (SSSR count). The van der Waals surface area contributed by atoms with Gasteiger partial charge in [-0.05, 0) is 30.7 Å². The van der Waals surface area contributed by atoms with E-state index in [-0.39, 0.29) is 5.91 Å². The fourth-order valence-electron chi connectivity index (χ4n) is 1.77. The molecule has 5 heteroatoms. The van der Waals surface area contributed by atoms with Crippen LogP contribution in [-0.2, 0) is 11.3 Å². The zero-order chi connectivity index (χ0) is 12.8. The first-order chi connectivity index (χ1) is 8.79. The van der Waals surface area contributed by atoms with Gasteiger partial charge in [0.2, 0.25) is 5.91 Å². The van der Waals surface area contributed by atoms with E-state index in [9.17, 15) is 4.79 Å². The highest BCUT2D eigenvalue weighted by molar-refractivity contribution is 8.00. The van der Waals surface area contributed by atoms with Crippen LogP contribution in [0.2, 0.25) is 0 Å². The van der Waals surface area contributed by atoms with Crippen LogP contribution in [0.3, 0.4) is 0 Å². The Morgan fingerprint density at radius 1 is 1.50 bits per heavy atom. The molecule has 0 radical (unpaired) electrons. The Bertz CT molecular complexity index is 482. The van der Waals surface area contributed by atoms with Crippen molar-refractivity contribution >= 4 is 23.4 Å². The van der Waals surface area contributed by atoms with E-state index in [1.54, 1.807) is 11.8 Å². The van der Waals surface area contributed by atoms with Gasteiger partial charge in [0.05, 0.1) is 17.5 Å². The molecule has 0 aliphatic carbocycles. The first kappa shape index (κ1) is 12.9. The molecule has 0 fully saturated rings. The van der Waals surface area contributed by atoms with Gasteiger partial charge in [0, 0.05) is 17.9 Å². The molecule has 1 aromatic rings. The number of rotatable bonds is 5. The zero-order valence-corrected chi connectivity index (χ0v) is 10.8. The first-order valence-corrected chi connectivity index (χ1v) is 6.91. The number of nitriles is 1. The van der Waals surface area contributed by atoms with Crippen molar-refractivity contribution in [3.05, 3.63) is 23.8 Å². The number of carbonyl (C=O) groups excluding carboxylic acids is 1. The maximum Gasteiger partial charge on any atom is 0.234 e. The molecule has 0 saturated carbocycles. The molecule has 1 aliphatic heterocycles. The lowest BCUT2D eigenvalue weighted by atomic mass is 10.2. The number of anilines is 1. The number of benzene rings is 1. The number of nitrogens with one attached hydrogen (secondary N) is 2. The van der Waals surface area contributed by atoms with Gasteiger partial charge in [-0.15, -0.1) is 11.8 Å². The van der Waals surface area contributed by atoms with E-state index in [0.717, 1.165) is 35.7 Å². The molecule has 0 aromatic heterocycles. The van der Waals surface area contributed by atoms with Crippen LogP contribution in [0.1, 0.15) is 18.4 Å². The van der Waals surface area contributed by atoms with Crippen molar-refractivity contribution in [2.45, 2.75) is 24.3 Å². The van der Waals surface area contributed by atoms with E-state index < -0.39 is 0 Å². The molecule has 1 heterocycles. The third-order valence-corrected chi connectivity index (χ3v) is 3.72. The Morgan fingerprint density at radius 3 is 3.22 bits per heavy atom. The molecular formula is C13H15N3OS. The van der Waals surface area contributed by atoms with Crippen molar-refractivity contribution in [3.8, 4) is 6.07 Å². The Hall–Kier alpha value is -1.51. The first-order valence-electron chi connectivity index (χ1n) is 5.93. The molecule has 0 saturated heterocycles. The van der Waals surface area contributed by atoms with E-state index in [1.165, 1.54) is 0 Å². The highest BCUT2D eigenvalue weighted by Crippen LogP contribution is 2.31. The van der Waals surface area contributed by atoms with E-state index >= 15 is 0 Å². The Balaban J connectivity index is 1.88. The summed E-state index contributed by atoms with van der Waals surface area (Å²) in [5.41, 5.74) is 2.06. The number of nitrogens with zero attached hydrogens (tertiary/aromatic N) is 1. The SMILES string of the molecule is N#CCCCNCc1ccc2c(c1)NC(=O)CS2. The van der Waals surface area contributed by atoms with E-state index in [0.29, 0.717) is 12.2 Å². The highest BCUT2D eigenvalue weighted by atomic mass is 32.2. The smallest absolute Gasteiger partial charge is 0.234 e. The average molecular weight is 261 g/mol. The number of unbranched alkanes of at least 4 members (excludes halogenated alkanes) is 1. The molecule has 1 amide bonds. The van der Waals surface area contributed by atoms with Crippen molar-refractivity contribution < 1.29 is 4.79 Å². The maximum absolute atomic E-state index is 11.3. The van der Waals surface area contributed by atoms with Crippen LogP contribution in [-0.4, -0.2) is 18.2 Å². The van der Waals surface area contributed by atoms with Gasteiger partial charge < -0.3 is 10.6 Å². The number of carbonyl (C=O) groups is 1. The molecule has 0 atom stereocenters. The summed E-state index contributed by atoms with van der Waals surface area (Å²) in [6.45, 7) is 1.60. The molecule has 18 heavy (non-hydrogen) atoms. The quantitative estimate of drug-likeness (QED) is 0.797. The van der Waals surface area contributed by atoms with Crippen molar-refractivity contribution in [1.82, 2.24) is 5.32 Å². The second kappa shape index (κ2) is 6.43. The Labute approximate surface area is 111 Å². The van der Waals surface area contributed by atoms with Gasteiger partial charge in [-0.2, -0.15) is 5.26 Å². The van der Waals surface area contributed by atoms with Gasteiger partial charge in [-0.25, -0.2) is 0 Å². The average Bonchev–Trinajstić information content (AvgIpc) is 2.38. The molecule has 0 spiro atoms. The molecule has 1 aromatic carbocycles. The summed E-state index contributed by atoms with van der Waals surface area (Å²) in [6, 6.07) is 8.25. The summed E-state index contributed by atoms with van der Waals surface area (Å²) in [5.74, 6) is 0.560. The summed E-state index contributed by atoms with van der Waals surface area (Å²) in [5, 5.41) is 14.6. The zero-order valence-electron chi connectivity index (χ0n) is 10.0. The molecule has 0 unspecified atom stereocenters. The fourth-order valence-corrected chi connectivity index (χ4v) is 2.55. The van der Waals surface area contributed by atoms with Crippen LogP contribution in [0, 0.1) is 11.3 Å². The normalized spacial score (nSPS) is 13.6. The monoisotopic (exact) mass is 261 g/mol. The molecule has 4 nitrogen and oxygen atoms in total. The number of fused-ring (bicyclic) bond motifs is 1. The van der Waals surface area contributed by atoms with Crippen LogP contribution >= 0.6 is 11.8 Å². The van der Waals surface area contributed by atoms with Gasteiger partial charge in [0.15, 0.2) is 0 Å². The minimum atomic E-state index is 0.0617. The third kappa shape index (κ3) is 3.49. The maximum atomic E-state index is 11.3.